The molecule has 2 rings (SSSR count). The van der Waals surface area contributed by atoms with Gasteiger partial charge >= 0.3 is 6.03 Å². The second-order valence-electron chi connectivity index (χ2n) is 4.91. The molecule has 0 bridgehead atoms. The van der Waals surface area contributed by atoms with Crippen molar-refractivity contribution in [3.05, 3.63) is 59.4 Å². The topological polar surface area (TPSA) is 83.1 Å². The average Bonchev–Trinajstić information content (AvgIpc) is 2.55. The summed E-state index contributed by atoms with van der Waals surface area (Å²) < 4.78 is 0. The molecule has 0 radical (unpaired) electrons. The number of anilines is 1. The number of halogens is 1. The molecule has 1 aromatic carbocycles. The largest absolute Gasteiger partial charge is 0.350 e. The molecule has 0 fully saturated rings. The third-order valence-corrected chi connectivity index (χ3v) is 3.28. The van der Waals surface area contributed by atoms with E-state index in [1.165, 1.54) is 0 Å². The molecular formula is C16H17ClN4O2. The molecule has 1 atom stereocenters. The molecule has 0 spiro atoms. The highest BCUT2D eigenvalue weighted by molar-refractivity contribution is 6.30. The maximum Gasteiger partial charge on any atom is 0.319 e. The van der Waals surface area contributed by atoms with Gasteiger partial charge in [-0.15, -0.1) is 0 Å². The summed E-state index contributed by atoms with van der Waals surface area (Å²) in [5.41, 5.74) is 1.48. The summed E-state index contributed by atoms with van der Waals surface area (Å²) in [5, 5.41) is 8.52. The Balaban J connectivity index is 1.78. The molecule has 23 heavy (non-hydrogen) atoms. The van der Waals surface area contributed by atoms with Crippen molar-refractivity contribution in [2.75, 3.05) is 5.32 Å². The summed E-state index contributed by atoms with van der Waals surface area (Å²) in [4.78, 5) is 27.8. The van der Waals surface area contributed by atoms with Crippen LogP contribution < -0.4 is 16.0 Å². The van der Waals surface area contributed by atoms with Crippen LogP contribution in [0.3, 0.4) is 0 Å². The van der Waals surface area contributed by atoms with Gasteiger partial charge in [0.15, 0.2) is 0 Å². The van der Waals surface area contributed by atoms with Gasteiger partial charge in [-0.05, 0) is 42.8 Å². The Bertz CT molecular complexity index is 662. The van der Waals surface area contributed by atoms with Crippen LogP contribution in [0.25, 0.3) is 0 Å². The minimum absolute atomic E-state index is 0.278. The number of nitrogens with one attached hydrogen (secondary N) is 3. The Morgan fingerprint density at radius 2 is 1.96 bits per heavy atom. The highest BCUT2D eigenvalue weighted by atomic mass is 35.5. The zero-order chi connectivity index (χ0) is 16.7. The first-order chi connectivity index (χ1) is 11.0. The van der Waals surface area contributed by atoms with E-state index < -0.39 is 12.1 Å². The molecule has 0 aliphatic rings. The van der Waals surface area contributed by atoms with Crippen molar-refractivity contribution in [1.82, 2.24) is 15.6 Å². The second-order valence-corrected chi connectivity index (χ2v) is 5.34. The van der Waals surface area contributed by atoms with Gasteiger partial charge < -0.3 is 16.0 Å². The van der Waals surface area contributed by atoms with E-state index in [0.717, 1.165) is 5.56 Å². The van der Waals surface area contributed by atoms with Crippen LogP contribution in [0, 0.1) is 0 Å². The lowest BCUT2D eigenvalue weighted by molar-refractivity contribution is -0.122. The maximum atomic E-state index is 12.0. The van der Waals surface area contributed by atoms with E-state index in [4.69, 9.17) is 11.6 Å². The number of pyridine rings is 1. The lowest BCUT2D eigenvalue weighted by Crippen LogP contribution is -2.46. The van der Waals surface area contributed by atoms with E-state index in [-0.39, 0.29) is 5.91 Å². The van der Waals surface area contributed by atoms with Gasteiger partial charge in [0.25, 0.3) is 0 Å². The molecule has 0 unspecified atom stereocenters. The number of rotatable bonds is 5. The van der Waals surface area contributed by atoms with Crippen LogP contribution in [0.15, 0.2) is 48.8 Å². The highest BCUT2D eigenvalue weighted by Crippen LogP contribution is 2.13. The van der Waals surface area contributed by atoms with Crippen molar-refractivity contribution >= 4 is 29.2 Å². The standard InChI is InChI=1S/C16H17ClN4O2/c1-11(15(22)19-10-12-3-2-8-18-9-12)20-16(23)21-14-6-4-13(17)5-7-14/h2-9,11H,10H2,1H3,(H,19,22)(H2,20,21,23)/t11-/m0/s1. The lowest BCUT2D eigenvalue weighted by Gasteiger charge is -2.15. The van der Waals surface area contributed by atoms with Crippen molar-refractivity contribution in [1.29, 1.82) is 0 Å². The van der Waals surface area contributed by atoms with Crippen LogP contribution in [-0.4, -0.2) is 23.0 Å². The number of hydrogen-bond donors (Lipinski definition) is 3. The smallest absolute Gasteiger partial charge is 0.319 e. The molecular weight excluding hydrogens is 316 g/mol. The van der Waals surface area contributed by atoms with Gasteiger partial charge in [0.2, 0.25) is 5.91 Å². The third-order valence-electron chi connectivity index (χ3n) is 3.03. The number of carbonyl (C=O) groups is 2. The van der Waals surface area contributed by atoms with Crippen molar-refractivity contribution < 1.29 is 9.59 Å². The third kappa shape index (κ3) is 5.60. The number of aromatic nitrogens is 1. The summed E-state index contributed by atoms with van der Waals surface area (Å²) in [6.45, 7) is 1.97. The Hall–Kier alpha value is -2.60. The normalized spacial score (nSPS) is 11.4. The average molecular weight is 333 g/mol. The van der Waals surface area contributed by atoms with Crippen LogP contribution in [-0.2, 0) is 11.3 Å². The van der Waals surface area contributed by atoms with Crippen molar-refractivity contribution in [2.24, 2.45) is 0 Å². The van der Waals surface area contributed by atoms with Gasteiger partial charge in [0, 0.05) is 29.6 Å². The second kappa shape index (κ2) is 8.14. The van der Waals surface area contributed by atoms with Crippen molar-refractivity contribution in [3.63, 3.8) is 0 Å². The first kappa shape index (κ1) is 16.8. The number of amides is 3. The molecule has 1 heterocycles. The van der Waals surface area contributed by atoms with Crippen LogP contribution in [0.4, 0.5) is 10.5 Å². The minimum Gasteiger partial charge on any atom is -0.350 e. The molecule has 0 saturated heterocycles. The van der Waals surface area contributed by atoms with Gasteiger partial charge in [-0.25, -0.2) is 4.79 Å². The fourth-order valence-corrected chi connectivity index (χ4v) is 1.93. The molecule has 0 aliphatic carbocycles. The fourth-order valence-electron chi connectivity index (χ4n) is 1.81. The molecule has 2 aromatic rings. The van der Waals surface area contributed by atoms with Crippen LogP contribution in [0.1, 0.15) is 12.5 Å². The number of nitrogens with zero attached hydrogens (tertiary/aromatic N) is 1. The van der Waals surface area contributed by atoms with Crippen LogP contribution in [0.5, 0.6) is 0 Å². The summed E-state index contributed by atoms with van der Waals surface area (Å²) in [5.74, 6) is -0.278. The number of hydrogen-bond acceptors (Lipinski definition) is 3. The summed E-state index contributed by atoms with van der Waals surface area (Å²) in [6.07, 6.45) is 3.34. The highest BCUT2D eigenvalue weighted by Gasteiger charge is 2.15. The van der Waals surface area contributed by atoms with Gasteiger partial charge in [0.1, 0.15) is 6.04 Å². The Morgan fingerprint density at radius 3 is 2.61 bits per heavy atom. The quantitative estimate of drug-likeness (QED) is 0.787. The van der Waals surface area contributed by atoms with E-state index in [1.807, 2.05) is 6.07 Å². The first-order valence-electron chi connectivity index (χ1n) is 7.04. The monoisotopic (exact) mass is 332 g/mol. The van der Waals surface area contributed by atoms with Crippen LogP contribution in [0.2, 0.25) is 5.02 Å². The number of carbonyl (C=O) groups excluding carboxylic acids is 2. The van der Waals surface area contributed by atoms with Crippen molar-refractivity contribution in [3.8, 4) is 0 Å². The summed E-state index contributed by atoms with van der Waals surface area (Å²) in [7, 11) is 0. The fraction of sp³-hybridized carbons (Fsp3) is 0.188. The SMILES string of the molecule is C[C@H](NC(=O)Nc1ccc(Cl)cc1)C(=O)NCc1cccnc1. The molecule has 120 valence electrons. The summed E-state index contributed by atoms with van der Waals surface area (Å²) >= 11 is 5.77. The molecule has 3 amide bonds. The Kier molecular flexibility index (Phi) is 5.94. The van der Waals surface area contributed by atoms with E-state index in [9.17, 15) is 9.59 Å². The van der Waals surface area contributed by atoms with Gasteiger partial charge in [-0.3, -0.25) is 9.78 Å². The predicted octanol–water partition coefficient (Wildman–Crippen LogP) is 2.56. The molecule has 1 aromatic heterocycles. The zero-order valence-electron chi connectivity index (χ0n) is 12.5. The maximum absolute atomic E-state index is 12.0. The van der Waals surface area contributed by atoms with E-state index >= 15 is 0 Å². The van der Waals surface area contributed by atoms with Gasteiger partial charge in [0.05, 0.1) is 0 Å². The molecule has 0 aliphatic heterocycles. The van der Waals surface area contributed by atoms with Gasteiger partial charge in [-0.2, -0.15) is 0 Å². The Morgan fingerprint density at radius 1 is 1.22 bits per heavy atom. The van der Waals surface area contributed by atoms with Gasteiger partial charge in [-0.1, -0.05) is 17.7 Å². The van der Waals surface area contributed by atoms with E-state index in [2.05, 4.69) is 20.9 Å². The zero-order valence-corrected chi connectivity index (χ0v) is 13.3. The molecule has 3 N–H and O–H groups in total. The number of urea groups is 1. The van der Waals surface area contributed by atoms with Crippen molar-refractivity contribution in [2.45, 2.75) is 19.5 Å². The van der Waals surface area contributed by atoms with Crippen LogP contribution >= 0.6 is 11.6 Å². The first-order valence-corrected chi connectivity index (χ1v) is 7.42. The molecule has 6 nitrogen and oxygen atoms in total. The van der Waals surface area contributed by atoms with E-state index in [0.29, 0.717) is 17.3 Å². The number of benzene rings is 1. The Labute approximate surface area is 139 Å². The van der Waals surface area contributed by atoms with E-state index in [1.54, 1.807) is 49.6 Å². The predicted molar refractivity (Wildman–Crippen MR) is 89.2 cm³/mol. The molecule has 0 saturated carbocycles. The summed E-state index contributed by atoms with van der Waals surface area (Å²) in [6, 6.07) is 9.21. The minimum atomic E-state index is -0.668. The lowest BCUT2D eigenvalue weighted by atomic mass is 10.2. The molecule has 7 heteroatoms.